The van der Waals surface area contributed by atoms with Crippen LogP contribution >= 0.6 is 0 Å². The number of H-pyrrole nitrogens is 1. The summed E-state index contributed by atoms with van der Waals surface area (Å²) in [5.41, 5.74) is 1.21. The van der Waals surface area contributed by atoms with E-state index in [-0.39, 0.29) is 11.1 Å². The highest BCUT2D eigenvalue weighted by Gasteiger charge is 2.04. The minimum atomic E-state index is -0.546. The van der Waals surface area contributed by atoms with E-state index in [9.17, 15) is 9.18 Å². The predicted octanol–water partition coefficient (Wildman–Crippen LogP) is 2.05. The van der Waals surface area contributed by atoms with Crippen LogP contribution in [0.3, 0.4) is 0 Å². The molecule has 4 heteroatoms. The normalized spacial score (nSPS) is 9.75. The first kappa shape index (κ1) is 10.1. The molecule has 0 aliphatic rings. The van der Waals surface area contributed by atoms with Gasteiger partial charge in [-0.15, -0.1) is 0 Å². The molecule has 1 heterocycles. The van der Waals surface area contributed by atoms with Crippen LogP contribution in [0.4, 0.5) is 4.39 Å². The lowest BCUT2D eigenvalue weighted by molar-refractivity contribution is 0.624. The van der Waals surface area contributed by atoms with Crippen molar-refractivity contribution in [3.8, 4) is 17.2 Å². The fourth-order valence-corrected chi connectivity index (χ4v) is 1.38. The van der Waals surface area contributed by atoms with Gasteiger partial charge in [0.1, 0.15) is 11.9 Å². The summed E-state index contributed by atoms with van der Waals surface area (Å²) >= 11 is 0. The van der Waals surface area contributed by atoms with E-state index >= 15 is 0 Å². The second-order valence-corrected chi connectivity index (χ2v) is 3.25. The molecular formula is C12H7FN2O. The second-order valence-electron chi connectivity index (χ2n) is 3.25. The summed E-state index contributed by atoms with van der Waals surface area (Å²) in [6.07, 6.45) is 1.52. The zero-order valence-corrected chi connectivity index (χ0v) is 8.20. The fourth-order valence-electron chi connectivity index (χ4n) is 1.38. The maximum atomic E-state index is 13.1. The van der Waals surface area contributed by atoms with E-state index in [4.69, 9.17) is 5.26 Å². The minimum absolute atomic E-state index is 0.0105. The van der Waals surface area contributed by atoms with Crippen LogP contribution < -0.4 is 5.56 Å². The quantitative estimate of drug-likeness (QED) is 0.789. The SMILES string of the molecule is N#Cc1cc(-c2ccc(=O)[nH]c2)ccc1F. The minimum Gasteiger partial charge on any atom is -0.328 e. The summed E-state index contributed by atoms with van der Waals surface area (Å²) in [4.78, 5) is 13.4. The molecule has 0 aliphatic carbocycles. The van der Waals surface area contributed by atoms with Crippen molar-refractivity contribution in [1.29, 1.82) is 5.26 Å². The molecule has 0 fully saturated rings. The van der Waals surface area contributed by atoms with Gasteiger partial charge in [0.15, 0.2) is 0 Å². The molecule has 0 radical (unpaired) electrons. The molecule has 2 rings (SSSR count). The Bertz CT molecular complexity index is 605. The van der Waals surface area contributed by atoms with Crippen LogP contribution in [-0.4, -0.2) is 4.98 Å². The van der Waals surface area contributed by atoms with E-state index in [1.54, 1.807) is 18.2 Å². The van der Waals surface area contributed by atoms with Gasteiger partial charge >= 0.3 is 0 Å². The molecule has 2 aromatic rings. The maximum Gasteiger partial charge on any atom is 0.247 e. The van der Waals surface area contributed by atoms with Crippen molar-refractivity contribution >= 4 is 0 Å². The van der Waals surface area contributed by atoms with Gasteiger partial charge in [0, 0.05) is 12.3 Å². The number of benzene rings is 1. The van der Waals surface area contributed by atoms with Crippen molar-refractivity contribution in [2.45, 2.75) is 0 Å². The number of aromatic nitrogens is 1. The fraction of sp³-hybridized carbons (Fsp3) is 0. The van der Waals surface area contributed by atoms with Gasteiger partial charge in [0.25, 0.3) is 0 Å². The monoisotopic (exact) mass is 214 g/mol. The maximum absolute atomic E-state index is 13.1. The van der Waals surface area contributed by atoms with Gasteiger partial charge < -0.3 is 4.98 Å². The zero-order valence-electron chi connectivity index (χ0n) is 8.20. The van der Waals surface area contributed by atoms with Crippen LogP contribution in [0.1, 0.15) is 5.56 Å². The summed E-state index contributed by atoms with van der Waals surface area (Å²) in [6, 6.07) is 9.01. The molecule has 0 aliphatic heterocycles. The number of hydrogen-bond donors (Lipinski definition) is 1. The molecule has 0 amide bonds. The van der Waals surface area contributed by atoms with Gasteiger partial charge in [0.2, 0.25) is 5.56 Å². The standard InChI is InChI=1S/C12H7FN2O/c13-11-3-1-8(5-10(11)6-14)9-2-4-12(16)15-7-9/h1-5,7H,(H,15,16). The number of hydrogen-bond acceptors (Lipinski definition) is 2. The molecule has 0 saturated heterocycles. The van der Waals surface area contributed by atoms with Crippen molar-refractivity contribution in [3.63, 3.8) is 0 Å². The van der Waals surface area contributed by atoms with Gasteiger partial charge in [-0.05, 0) is 29.3 Å². The molecule has 0 atom stereocenters. The molecule has 0 spiro atoms. The van der Waals surface area contributed by atoms with Crippen molar-refractivity contribution in [3.05, 3.63) is 58.3 Å². The Morgan fingerprint density at radius 1 is 1.19 bits per heavy atom. The molecule has 3 nitrogen and oxygen atoms in total. The molecule has 0 unspecified atom stereocenters. The van der Waals surface area contributed by atoms with Gasteiger partial charge in [-0.2, -0.15) is 5.26 Å². The van der Waals surface area contributed by atoms with Crippen LogP contribution in [-0.2, 0) is 0 Å². The van der Waals surface area contributed by atoms with Gasteiger partial charge in [-0.1, -0.05) is 6.07 Å². The third-order valence-corrected chi connectivity index (χ3v) is 2.20. The largest absolute Gasteiger partial charge is 0.328 e. The van der Waals surface area contributed by atoms with Crippen LogP contribution in [0, 0.1) is 17.1 Å². The molecule has 0 bridgehead atoms. The van der Waals surface area contributed by atoms with Gasteiger partial charge in [-0.3, -0.25) is 4.79 Å². The van der Waals surface area contributed by atoms with Crippen molar-refractivity contribution in [2.24, 2.45) is 0 Å². The summed E-state index contributed by atoms with van der Waals surface area (Å²) in [5, 5.41) is 8.69. The first-order valence-electron chi connectivity index (χ1n) is 4.59. The Balaban J connectivity index is 2.53. The third kappa shape index (κ3) is 1.84. The number of nitrogens with one attached hydrogen (secondary N) is 1. The molecule has 1 N–H and O–H groups in total. The topological polar surface area (TPSA) is 56.6 Å². The van der Waals surface area contributed by atoms with Crippen LogP contribution in [0.25, 0.3) is 11.1 Å². The van der Waals surface area contributed by atoms with E-state index in [0.717, 1.165) is 5.56 Å². The average molecular weight is 214 g/mol. The lowest BCUT2D eigenvalue weighted by Crippen LogP contribution is -2.01. The first-order chi connectivity index (χ1) is 7.70. The smallest absolute Gasteiger partial charge is 0.247 e. The number of rotatable bonds is 1. The van der Waals surface area contributed by atoms with Crippen molar-refractivity contribution < 1.29 is 4.39 Å². The van der Waals surface area contributed by atoms with E-state index in [2.05, 4.69) is 4.98 Å². The average Bonchev–Trinajstić information content (AvgIpc) is 2.31. The Hall–Kier alpha value is -2.41. The lowest BCUT2D eigenvalue weighted by Gasteiger charge is -2.01. The Morgan fingerprint density at radius 2 is 1.94 bits per heavy atom. The summed E-state index contributed by atoms with van der Waals surface area (Å²) < 4.78 is 13.1. The number of halogens is 1. The van der Waals surface area contributed by atoms with Crippen LogP contribution in [0.2, 0.25) is 0 Å². The highest BCUT2D eigenvalue weighted by molar-refractivity contribution is 5.64. The van der Waals surface area contributed by atoms with E-state index < -0.39 is 5.82 Å². The molecule has 1 aromatic heterocycles. The summed E-state index contributed by atoms with van der Waals surface area (Å²) in [6.45, 7) is 0. The van der Waals surface area contributed by atoms with Crippen molar-refractivity contribution in [1.82, 2.24) is 4.98 Å². The second kappa shape index (κ2) is 3.99. The molecular weight excluding hydrogens is 207 g/mol. The number of aromatic amines is 1. The zero-order chi connectivity index (χ0) is 11.5. The molecule has 16 heavy (non-hydrogen) atoms. The summed E-state index contributed by atoms with van der Waals surface area (Å²) in [7, 11) is 0. The van der Waals surface area contributed by atoms with E-state index in [1.807, 2.05) is 0 Å². The molecule has 1 aromatic carbocycles. The third-order valence-electron chi connectivity index (χ3n) is 2.20. The van der Waals surface area contributed by atoms with Crippen LogP contribution in [0.15, 0.2) is 41.3 Å². The number of nitrogens with zero attached hydrogens (tertiary/aromatic N) is 1. The highest BCUT2D eigenvalue weighted by atomic mass is 19.1. The predicted molar refractivity (Wildman–Crippen MR) is 57.2 cm³/mol. The highest BCUT2D eigenvalue weighted by Crippen LogP contribution is 2.20. The first-order valence-corrected chi connectivity index (χ1v) is 4.59. The van der Waals surface area contributed by atoms with Crippen LogP contribution in [0.5, 0.6) is 0 Å². The Morgan fingerprint density at radius 3 is 2.56 bits per heavy atom. The number of pyridine rings is 1. The Kier molecular flexibility index (Phi) is 2.52. The lowest BCUT2D eigenvalue weighted by atomic mass is 10.1. The van der Waals surface area contributed by atoms with Crippen molar-refractivity contribution in [2.75, 3.05) is 0 Å². The number of nitriles is 1. The van der Waals surface area contributed by atoms with E-state index in [1.165, 1.54) is 24.4 Å². The van der Waals surface area contributed by atoms with Gasteiger partial charge in [0.05, 0.1) is 5.56 Å². The van der Waals surface area contributed by atoms with Gasteiger partial charge in [-0.25, -0.2) is 4.39 Å². The van der Waals surface area contributed by atoms with E-state index in [0.29, 0.717) is 5.56 Å². The molecule has 78 valence electrons. The Labute approximate surface area is 90.8 Å². The summed E-state index contributed by atoms with van der Waals surface area (Å²) in [5.74, 6) is -0.546. The molecule has 0 saturated carbocycles.